The molecule has 0 aromatic carbocycles. The highest BCUT2D eigenvalue weighted by Gasteiger charge is 2.54. The number of rotatable bonds is 2. The Hall–Kier alpha value is 0. The zero-order valence-corrected chi connectivity index (χ0v) is 18.6. The largest absolute Gasteiger partial charge is 0.0599 e. The van der Waals surface area contributed by atoms with E-state index in [1.807, 2.05) is 0 Å². The van der Waals surface area contributed by atoms with Crippen LogP contribution in [0.15, 0.2) is 0 Å². The molecule has 3 fully saturated rings. The van der Waals surface area contributed by atoms with Crippen molar-refractivity contribution >= 4 is 0 Å². The molecule has 0 aromatic heterocycles. The quantitative estimate of drug-likeness (QED) is 0.475. The van der Waals surface area contributed by atoms with Crippen LogP contribution in [0, 0.1) is 51.8 Å². The molecule has 0 bridgehead atoms. The predicted molar refractivity (Wildman–Crippen MR) is 111 cm³/mol. The van der Waals surface area contributed by atoms with Crippen LogP contribution in [0.4, 0.5) is 0 Å². The Labute approximate surface area is 158 Å². The molecular formula is C25H46. The third-order valence-electron chi connectivity index (χ3n) is 9.19. The highest BCUT2D eigenvalue weighted by atomic mass is 14.6. The summed E-state index contributed by atoms with van der Waals surface area (Å²) in [6, 6.07) is 0. The van der Waals surface area contributed by atoms with Gasteiger partial charge in [-0.25, -0.2) is 0 Å². The first-order valence-electron chi connectivity index (χ1n) is 11.4. The maximum absolute atomic E-state index is 2.67. The van der Waals surface area contributed by atoms with E-state index in [0.717, 1.165) is 35.5 Å². The van der Waals surface area contributed by atoms with Crippen LogP contribution in [-0.4, -0.2) is 0 Å². The second-order valence-corrected chi connectivity index (χ2v) is 12.8. The van der Waals surface area contributed by atoms with Crippen LogP contribution in [0.3, 0.4) is 0 Å². The van der Waals surface area contributed by atoms with Gasteiger partial charge in [-0.2, -0.15) is 0 Å². The van der Waals surface area contributed by atoms with Gasteiger partial charge in [0.2, 0.25) is 0 Å². The summed E-state index contributed by atoms with van der Waals surface area (Å²) in [5, 5.41) is 0. The Morgan fingerprint density at radius 1 is 0.520 bits per heavy atom. The van der Waals surface area contributed by atoms with E-state index in [4.69, 9.17) is 0 Å². The molecule has 6 unspecified atom stereocenters. The van der Waals surface area contributed by atoms with E-state index in [2.05, 4.69) is 55.4 Å². The van der Waals surface area contributed by atoms with Crippen molar-refractivity contribution in [3.63, 3.8) is 0 Å². The fourth-order valence-electron chi connectivity index (χ4n) is 7.41. The molecule has 0 aliphatic heterocycles. The van der Waals surface area contributed by atoms with Crippen molar-refractivity contribution in [1.82, 2.24) is 0 Å². The van der Waals surface area contributed by atoms with Gasteiger partial charge in [0.15, 0.2) is 0 Å². The fourth-order valence-corrected chi connectivity index (χ4v) is 7.41. The molecule has 3 aliphatic rings. The van der Waals surface area contributed by atoms with Gasteiger partial charge >= 0.3 is 0 Å². The van der Waals surface area contributed by atoms with Crippen molar-refractivity contribution in [2.45, 2.75) is 107 Å². The molecule has 25 heavy (non-hydrogen) atoms. The molecule has 146 valence electrons. The zero-order valence-electron chi connectivity index (χ0n) is 18.6. The molecule has 3 saturated carbocycles. The molecule has 0 amide bonds. The van der Waals surface area contributed by atoms with E-state index in [1.165, 1.54) is 51.4 Å². The Balaban J connectivity index is 1.79. The van der Waals surface area contributed by atoms with Gasteiger partial charge in [-0.05, 0) is 90.3 Å². The normalized spacial score (nSPS) is 40.3. The SMILES string of the molecule is CC(C)(C)C1CCC(C(C)(C)C2CC(C(C)(C)C)C3CCCCC32)C1. The predicted octanol–water partition coefficient (Wildman–Crippen LogP) is 7.96. The minimum atomic E-state index is 0.495. The average molecular weight is 347 g/mol. The van der Waals surface area contributed by atoms with Crippen LogP contribution in [0.5, 0.6) is 0 Å². The van der Waals surface area contributed by atoms with E-state index < -0.39 is 0 Å². The second-order valence-electron chi connectivity index (χ2n) is 12.8. The highest BCUT2D eigenvalue weighted by molar-refractivity contribution is 5.03. The Kier molecular flexibility index (Phi) is 5.18. The minimum absolute atomic E-state index is 0.495. The lowest BCUT2D eigenvalue weighted by atomic mass is 9.62. The van der Waals surface area contributed by atoms with Crippen LogP contribution >= 0.6 is 0 Å². The standard InChI is InChI=1S/C25H46/c1-23(2,3)17-13-14-18(15-17)25(7,8)22-16-21(24(4,5)6)19-11-9-10-12-20(19)22/h17-22H,9-16H2,1-8H3. The number of hydrogen-bond donors (Lipinski definition) is 0. The number of fused-ring (bicyclic) bond motifs is 1. The summed E-state index contributed by atoms with van der Waals surface area (Å²) in [6.45, 7) is 20.3. The van der Waals surface area contributed by atoms with Crippen molar-refractivity contribution in [1.29, 1.82) is 0 Å². The molecule has 6 atom stereocenters. The van der Waals surface area contributed by atoms with Crippen molar-refractivity contribution in [3.05, 3.63) is 0 Å². The van der Waals surface area contributed by atoms with Crippen molar-refractivity contribution in [3.8, 4) is 0 Å². The molecule has 0 heterocycles. The topological polar surface area (TPSA) is 0 Å². The first kappa shape index (κ1) is 19.8. The third-order valence-corrected chi connectivity index (χ3v) is 9.19. The molecule has 0 spiro atoms. The Morgan fingerprint density at radius 3 is 1.52 bits per heavy atom. The maximum Gasteiger partial charge on any atom is -0.0295 e. The summed E-state index contributed by atoms with van der Waals surface area (Å²) in [5.74, 6) is 5.90. The molecule has 0 N–H and O–H groups in total. The monoisotopic (exact) mass is 346 g/mol. The van der Waals surface area contributed by atoms with E-state index in [9.17, 15) is 0 Å². The van der Waals surface area contributed by atoms with Crippen molar-refractivity contribution in [2.24, 2.45) is 51.8 Å². The van der Waals surface area contributed by atoms with Crippen molar-refractivity contribution < 1.29 is 0 Å². The highest BCUT2D eigenvalue weighted by Crippen LogP contribution is 2.62. The van der Waals surface area contributed by atoms with Gasteiger partial charge in [-0.15, -0.1) is 0 Å². The summed E-state index contributed by atoms with van der Waals surface area (Å²) >= 11 is 0. The van der Waals surface area contributed by atoms with Gasteiger partial charge in [0.25, 0.3) is 0 Å². The van der Waals surface area contributed by atoms with Gasteiger partial charge in [-0.1, -0.05) is 68.2 Å². The lowest BCUT2D eigenvalue weighted by Gasteiger charge is -2.43. The van der Waals surface area contributed by atoms with Crippen LogP contribution in [-0.2, 0) is 0 Å². The lowest BCUT2D eigenvalue weighted by Crippen LogP contribution is -2.36. The van der Waals surface area contributed by atoms with E-state index in [0.29, 0.717) is 16.2 Å². The molecule has 0 aromatic rings. The second kappa shape index (κ2) is 6.56. The molecule has 3 rings (SSSR count). The van der Waals surface area contributed by atoms with Crippen molar-refractivity contribution in [2.75, 3.05) is 0 Å². The summed E-state index contributed by atoms with van der Waals surface area (Å²) in [7, 11) is 0. The van der Waals surface area contributed by atoms with Gasteiger partial charge in [0, 0.05) is 0 Å². The van der Waals surface area contributed by atoms with Crippen LogP contribution in [0.2, 0.25) is 0 Å². The third kappa shape index (κ3) is 3.70. The van der Waals surface area contributed by atoms with E-state index in [1.54, 1.807) is 0 Å². The maximum atomic E-state index is 2.67. The molecule has 0 saturated heterocycles. The first-order chi connectivity index (χ1) is 11.4. The van der Waals surface area contributed by atoms with Gasteiger partial charge in [0.05, 0.1) is 0 Å². The fraction of sp³-hybridized carbons (Fsp3) is 1.00. The van der Waals surface area contributed by atoms with Gasteiger partial charge in [-0.3, -0.25) is 0 Å². The molecular weight excluding hydrogens is 300 g/mol. The molecule has 3 aliphatic carbocycles. The van der Waals surface area contributed by atoms with Crippen LogP contribution in [0.25, 0.3) is 0 Å². The lowest BCUT2D eigenvalue weighted by molar-refractivity contribution is 0.0564. The smallest absolute Gasteiger partial charge is 0.0295 e. The molecule has 0 nitrogen and oxygen atoms in total. The summed E-state index contributed by atoms with van der Waals surface area (Å²) in [6.07, 6.45) is 12.0. The summed E-state index contributed by atoms with van der Waals surface area (Å²) in [4.78, 5) is 0. The summed E-state index contributed by atoms with van der Waals surface area (Å²) < 4.78 is 0. The Bertz CT molecular complexity index is 457. The molecule has 0 heteroatoms. The number of hydrogen-bond acceptors (Lipinski definition) is 0. The van der Waals surface area contributed by atoms with Crippen LogP contribution in [0.1, 0.15) is 107 Å². The molecule has 0 radical (unpaired) electrons. The first-order valence-corrected chi connectivity index (χ1v) is 11.4. The van der Waals surface area contributed by atoms with Crippen LogP contribution < -0.4 is 0 Å². The minimum Gasteiger partial charge on any atom is -0.0599 e. The zero-order chi connectivity index (χ0) is 18.6. The average Bonchev–Trinajstić information content (AvgIpc) is 3.12. The van der Waals surface area contributed by atoms with E-state index in [-0.39, 0.29) is 0 Å². The Morgan fingerprint density at radius 2 is 1.04 bits per heavy atom. The van der Waals surface area contributed by atoms with Gasteiger partial charge < -0.3 is 0 Å². The summed E-state index contributed by atoms with van der Waals surface area (Å²) in [5.41, 5.74) is 1.54. The van der Waals surface area contributed by atoms with Gasteiger partial charge in [0.1, 0.15) is 0 Å². The van der Waals surface area contributed by atoms with E-state index >= 15 is 0 Å².